The van der Waals surface area contributed by atoms with Gasteiger partial charge in [0.1, 0.15) is 24.4 Å². The van der Waals surface area contributed by atoms with Gasteiger partial charge in [-0.3, -0.25) is 4.79 Å². The molecule has 0 aromatic rings. The Kier molecular flexibility index (Phi) is 8.46. The molecule has 224 valence electrons. The van der Waals surface area contributed by atoms with E-state index in [1.807, 2.05) is 0 Å². The second-order valence-electron chi connectivity index (χ2n) is 14.2. The molecule has 9 heteroatoms. The number of fused-ring (bicyclic) bond motifs is 5. The third-order valence-corrected chi connectivity index (χ3v) is 12.4. The van der Waals surface area contributed by atoms with Gasteiger partial charge in [0.15, 0.2) is 6.29 Å². The standard InChI is InChI=1S/C30H50O9/c1-15(4-7-24(33)34)18-5-6-19-17-13-22(32)21-12-16(8-10-30(21,3)20(17)9-11-29(18,19)2)38-28-27(37)26(36)25(35)23(14-31)39-28/h15-23,25-28,31-32,35-37H,4-14H2,1-3H3,(H,33,34)/t15-,16-,17+,18-,19+,20+,21+,22-,23-,25-,26+,27-,28-,29-,30-/m1/s1. The quantitative estimate of drug-likeness (QED) is 0.260. The van der Waals surface area contributed by atoms with Gasteiger partial charge in [-0.2, -0.15) is 0 Å². The number of carbonyl (C=O) groups is 1. The summed E-state index contributed by atoms with van der Waals surface area (Å²) >= 11 is 0. The maximum absolute atomic E-state index is 11.6. The molecule has 0 amide bonds. The summed E-state index contributed by atoms with van der Waals surface area (Å²) in [5.41, 5.74) is 0.192. The van der Waals surface area contributed by atoms with Crippen molar-refractivity contribution in [3.8, 4) is 0 Å². The van der Waals surface area contributed by atoms with Gasteiger partial charge in [-0.05, 0) is 104 Å². The number of hydrogen-bond acceptors (Lipinski definition) is 8. The lowest BCUT2D eigenvalue weighted by atomic mass is 9.43. The largest absolute Gasteiger partial charge is 0.481 e. The van der Waals surface area contributed by atoms with E-state index in [9.17, 15) is 35.4 Å². The number of aliphatic carboxylic acids is 1. The zero-order valence-electron chi connectivity index (χ0n) is 23.7. The summed E-state index contributed by atoms with van der Waals surface area (Å²) in [4.78, 5) is 11.2. The van der Waals surface area contributed by atoms with E-state index in [4.69, 9.17) is 9.47 Å². The Balaban J connectivity index is 1.26. The van der Waals surface area contributed by atoms with E-state index in [1.165, 1.54) is 0 Å². The van der Waals surface area contributed by atoms with Crippen LogP contribution in [-0.2, 0) is 14.3 Å². The number of ether oxygens (including phenoxy) is 2. The molecule has 15 atom stereocenters. The van der Waals surface area contributed by atoms with Gasteiger partial charge < -0.3 is 40.1 Å². The van der Waals surface area contributed by atoms with Crippen LogP contribution >= 0.6 is 0 Å². The van der Waals surface area contributed by atoms with Crippen molar-refractivity contribution in [2.24, 2.45) is 46.3 Å². The maximum atomic E-state index is 11.6. The minimum Gasteiger partial charge on any atom is -0.481 e. The fourth-order valence-corrected chi connectivity index (χ4v) is 10.3. The highest BCUT2D eigenvalue weighted by Crippen LogP contribution is 2.68. The number of aliphatic hydroxyl groups excluding tert-OH is 5. The van der Waals surface area contributed by atoms with Gasteiger partial charge in [0, 0.05) is 6.42 Å². The van der Waals surface area contributed by atoms with Gasteiger partial charge in [0.2, 0.25) is 0 Å². The van der Waals surface area contributed by atoms with Crippen molar-refractivity contribution < 1.29 is 44.9 Å². The summed E-state index contributed by atoms with van der Waals surface area (Å²) in [6.45, 7) is 6.54. The highest BCUT2D eigenvalue weighted by molar-refractivity contribution is 5.66. The number of aliphatic hydroxyl groups is 5. The SMILES string of the molecule is C[C@H](CCC(=O)O)[C@H]1CC[C@H]2[C@@H]3C[C@@H](O)[C@@H]4C[C@H](O[C@@H]5O[C@H](CO)[C@@H](O)[C@H](O)[C@H]5O)CC[C@]4(C)[C@H]3CC[C@]12C. The Morgan fingerprint density at radius 2 is 1.62 bits per heavy atom. The Labute approximate surface area is 231 Å². The normalized spacial score (nSPS) is 52.4. The Hall–Kier alpha value is -0.810. The van der Waals surface area contributed by atoms with E-state index < -0.39 is 49.4 Å². The fourth-order valence-electron chi connectivity index (χ4n) is 10.3. The average Bonchev–Trinajstić information content (AvgIpc) is 3.25. The van der Waals surface area contributed by atoms with Gasteiger partial charge >= 0.3 is 5.97 Å². The van der Waals surface area contributed by atoms with E-state index in [0.717, 1.165) is 51.4 Å². The maximum Gasteiger partial charge on any atom is 0.303 e. The van der Waals surface area contributed by atoms with Crippen molar-refractivity contribution in [1.29, 1.82) is 0 Å². The van der Waals surface area contributed by atoms with Gasteiger partial charge in [-0.25, -0.2) is 0 Å². The van der Waals surface area contributed by atoms with E-state index >= 15 is 0 Å². The lowest BCUT2D eigenvalue weighted by Gasteiger charge is -2.62. The van der Waals surface area contributed by atoms with Crippen LogP contribution in [0.15, 0.2) is 0 Å². The van der Waals surface area contributed by atoms with Crippen LogP contribution in [0.4, 0.5) is 0 Å². The lowest BCUT2D eigenvalue weighted by Crippen LogP contribution is -2.61. The zero-order valence-corrected chi connectivity index (χ0v) is 23.7. The summed E-state index contributed by atoms with van der Waals surface area (Å²) in [6, 6.07) is 0. The smallest absolute Gasteiger partial charge is 0.303 e. The molecule has 5 fully saturated rings. The summed E-state index contributed by atoms with van der Waals surface area (Å²) in [5, 5.41) is 61.0. The average molecular weight is 555 g/mol. The van der Waals surface area contributed by atoms with Crippen molar-refractivity contribution in [1.82, 2.24) is 0 Å². The molecule has 9 nitrogen and oxygen atoms in total. The molecule has 1 aliphatic heterocycles. The summed E-state index contributed by atoms with van der Waals surface area (Å²) in [6.07, 6.45) is 1.53. The highest BCUT2D eigenvalue weighted by atomic mass is 16.7. The second-order valence-corrected chi connectivity index (χ2v) is 14.2. The molecule has 4 saturated carbocycles. The molecule has 1 heterocycles. The van der Waals surface area contributed by atoms with Gasteiger partial charge in [0.05, 0.1) is 18.8 Å². The summed E-state index contributed by atoms with van der Waals surface area (Å²) in [7, 11) is 0. The number of carboxylic acids is 1. The van der Waals surface area contributed by atoms with Crippen molar-refractivity contribution >= 4 is 5.97 Å². The van der Waals surface area contributed by atoms with Crippen LogP contribution in [0.1, 0.15) is 85.0 Å². The van der Waals surface area contributed by atoms with Crippen LogP contribution in [-0.4, -0.2) is 86.1 Å². The first-order valence-electron chi connectivity index (χ1n) is 15.3. The second kappa shape index (κ2) is 11.1. The Morgan fingerprint density at radius 1 is 0.923 bits per heavy atom. The molecule has 0 spiro atoms. The molecule has 0 aromatic carbocycles. The van der Waals surface area contributed by atoms with E-state index in [1.54, 1.807) is 0 Å². The number of hydrogen-bond donors (Lipinski definition) is 6. The molecule has 5 aliphatic rings. The number of carboxylic acid groups (broad SMARTS) is 1. The van der Waals surface area contributed by atoms with Crippen LogP contribution in [0.25, 0.3) is 0 Å². The monoisotopic (exact) mass is 554 g/mol. The molecule has 5 rings (SSSR count). The van der Waals surface area contributed by atoms with E-state index in [2.05, 4.69) is 20.8 Å². The minimum atomic E-state index is -1.46. The van der Waals surface area contributed by atoms with Crippen molar-refractivity contribution in [3.63, 3.8) is 0 Å². The molecule has 0 unspecified atom stereocenters. The van der Waals surface area contributed by atoms with Crippen molar-refractivity contribution in [3.05, 3.63) is 0 Å². The van der Waals surface area contributed by atoms with Crippen LogP contribution in [0.3, 0.4) is 0 Å². The minimum absolute atomic E-state index is 0.00802. The van der Waals surface area contributed by atoms with E-state index in [-0.39, 0.29) is 29.3 Å². The Bertz CT molecular complexity index is 882. The van der Waals surface area contributed by atoms with Gasteiger partial charge in [0.25, 0.3) is 0 Å². The first kappa shape index (κ1) is 29.7. The predicted molar refractivity (Wildman–Crippen MR) is 141 cm³/mol. The molecule has 0 bridgehead atoms. The van der Waals surface area contributed by atoms with E-state index in [0.29, 0.717) is 36.0 Å². The third kappa shape index (κ3) is 5.08. The zero-order chi connectivity index (χ0) is 28.3. The van der Waals surface area contributed by atoms with Crippen LogP contribution < -0.4 is 0 Å². The molecule has 0 aromatic heterocycles. The first-order valence-corrected chi connectivity index (χ1v) is 15.3. The topological polar surface area (TPSA) is 157 Å². The molecule has 6 N–H and O–H groups in total. The highest BCUT2D eigenvalue weighted by Gasteiger charge is 2.62. The number of rotatable bonds is 7. The first-order chi connectivity index (χ1) is 18.4. The molecule has 39 heavy (non-hydrogen) atoms. The van der Waals surface area contributed by atoms with Gasteiger partial charge in [-0.15, -0.1) is 0 Å². The molecular weight excluding hydrogens is 504 g/mol. The summed E-state index contributed by atoms with van der Waals surface area (Å²) in [5.74, 6) is 1.84. The fraction of sp³-hybridized carbons (Fsp3) is 0.967. The van der Waals surface area contributed by atoms with Crippen LogP contribution in [0.5, 0.6) is 0 Å². The Morgan fingerprint density at radius 3 is 2.31 bits per heavy atom. The predicted octanol–water partition coefficient (Wildman–Crippen LogP) is 2.30. The van der Waals surface area contributed by atoms with Crippen LogP contribution in [0, 0.1) is 46.3 Å². The van der Waals surface area contributed by atoms with Crippen molar-refractivity contribution in [2.75, 3.05) is 6.61 Å². The third-order valence-electron chi connectivity index (χ3n) is 12.4. The van der Waals surface area contributed by atoms with Crippen molar-refractivity contribution in [2.45, 2.75) is 128 Å². The summed E-state index contributed by atoms with van der Waals surface area (Å²) < 4.78 is 11.7. The van der Waals surface area contributed by atoms with Crippen LogP contribution in [0.2, 0.25) is 0 Å². The van der Waals surface area contributed by atoms with Gasteiger partial charge in [-0.1, -0.05) is 20.8 Å². The molecule has 4 aliphatic carbocycles. The molecular formula is C30H50O9. The molecule has 0 radical (unpaired) electrons. The lowest BCUT2D eigenvalue weighted by molar-refractivity contribution is -0.317. The molecule has 1 saturated heterocycles.